The van der Waals surface area contributed by atoms with Crippen molar-refractivity contribution in [3.05, 3.63) is 89.7 Å². The highest BCUT2D eigenvalue weighted by atomic mass is 16.1. The fourth-order valence-corrected chi connectivity index (χ4v) is 4.03. The van der Waals surface area contributed by atoms with Gasteiger partial charge < -0.3 is 15.2 Å². The number of para-hydroxylation sites is 2. The zero-order valence-electron chi connectivity index (χ0n) is 16.1. The van der Waals surface area contributed by atoms with Gasteiger partial charge in [-0.1, -0.05) is 36.4 Å². The predicted octanol–water partition coefficient (Wildman–Crippen LogP) is 4.23. The van der Waals surface area contributed by atoms with Gasteiger partial charge in [-0.25, -0.2) is 4.98 Å². The number of aromatic nitrogens is 2. The highest BCUT2D eigenvalue weighted by molar-refractivity contribution is 5.95. The number of hydrogen-bond donors (Lipinski definition) is 2. The second-order valence-corrected chi connectivity index (χ2v) is 7.30. The summed E-state index contributed by atoms with van der Waals surface area (Å²) in [5.41, 5.74) is 5.47. The zero-order chi connectivity index (χ0) is 19.6. The monoisotopic (exact) mass is 382 g/mol. The van der Waals surface area contributed by atoms with Gasteiger partial charge in [-0.05, 0) is 48.2 Å². The molecule has 0 fully saturated rings. The largest absolute Gasteiger partial charge is 0.361 e. The van der Waals surface area contributed by atoms with Crippen LogP contribution in [0.15, 0.2) is 73.1 Å². The summed E-state index contributed by atoms with van der Waals surface area (Å²) < 4.78 is 0. The van der Waals surface area contributed by atoms with E-state index in [1.165, 1.54) is 22.2 Å². The normalized spacial score (nSPS) is 12.9. The number of hydrogen-bond acceptors (Lipinski definition) is 3. The summed E-state index contributed by atoms with van der Waals surface area (Å²) in [5, 5.41) is 4.25. The molecule has 0 unspecified atom stereocenters. The first-order valence-electron chi connectivity index (χ1n) is 9.94. The van der Waals surface area contributed by atoms with Crippen LogP contribution < -0.4 is 10.2 Å². The van der Waals surface area contributed by atoms with E-state index in [2.05, 4.69) is 50.5 Å². The molecule has 0 aliphatic carbocycles. The van der Waals surface area contributed by atoms with E-state index in [1.54, 1.807) is 12.3 Å². The first kappa shape index (κ1) is 17.5. The van der Waals surface area contributed by atoms with Gasteiger partial charge in [0.15, 0.2) is 0 Å². The summed E-state index contributed by atoms with van der Waals surface area (Å²) in [6.45, 7) is 1.48. The molecule has 5 nitrogen and oxygen atoms in total. The van der Waals surface area contributed by atoms with E-state index in [0.717, 1.165) is 30.7 Å². The Morgan fingerprint density at radius 3 is 2.93 bits per heavy atom. The van der Waals surface area contributed by atoms with Crippen LogP contribution in [0.25, 0.3) is 10.9 Å². The number of amides is 1. The molecule has 0 spiro atoms. The number of nitrogens with zero attached hydrogens (tertiary/aromatic N) is 2. The fourth-order valence-electron chi connectivity index (χ4n) is 4.03. The van der Waals surface area contributed by atoms with Crippen LogP contribution in [-0.4, -0.2) is 29.0 Å². The van der Waals surface area contributed by atoms with Crippen molar-refractivity contribution < 1.29 is 4.79 Å². The van der Waals surface area contributed by atoms with E-state index in [4.69, 9.17) is 0 Å². The van der Waals surface area contributed by atoms with Gasteiger partial charge in [0, 0.05) is 47.6 Å². The fraction of sp³-hybridized carbons (Fsp3) is 0.167. The summed E-state index contributed by atoms with van der Waals surface area (Å²) >= 11 is 0. The lowest BCUT2D eigenvalue weighted by Gasteiger charge is -2.18. The van der Waals surface area contributed by atoms with E-state index < -0.39 is 0 Å². The van der Waals surface area contributed by atoms with E-state index >= 15 is 0 Å². The number of carbonyl (C=O) groups is 1. The third-order valence-electron chi connectivity index (χ3n) is 5.53. The van der Waals surface area contributed by atoms with E-state index in [0.29, 0.717) is 12.1 Å². The summed E-state index contributed by atoms with van der Waals surface area (Å²) in [5.74, 6) is 0.750. The molecule has 144 valence electrons. The van der Waals surface area contributed by atoms with Crippen molar-refractivity contribution >= 4 is 28.3 Å². The SMILES string of the molecule is O=C(NCCc1c[nH]c2ccccc12)c1ccnc(N2CCc3ccccc32)c1. The average molecular weight is 382 g/mol. The number of rotatable bonds is 5. The van der Waals surface area contributed by atoms with Crippen LogP contribution in [0.4, 0.5) is 11.5 Å². The van der Waals surface area contributed by atoms with Crippen molar-refractivity contribution in [2.75, 3.05) is 18.0 Å². The average Bonchev–Trinajstić information content (AvgIpc) is 3.38. The van der Waals surface area contributed by atoms with E-state index in [1.807, 2.05) is 30.5 Å². The molecule has 0 saturated heterocycles. The van der Waals surface area contributed by atoms with Crippen molar-refractivity contribution in [1.82, 2.24) is 15.3 Å². The van der Waals surface area contributed by atoms with Gasteiger partial charge in [-0.2, -0.15) is 0 Å². The van der Waals surface area contributed by atoms with Gasteiger partial charge in [-0.3, -0.25) is 4.79 Å². The molecule has 2 aromatic heterocycles. The molecule has 5 heteroatoms. The first-order valence-corrected chi connectivity index (χ1v) is 9.94. The van der Waals surface area contributed by atoms with Gasteiger partial charge in [-0.15, -0.1) is 0 Å². The third kappa shape index (κ3) is 3.36. The maximum Gasteiger partial charge on any atom is 0.251 e. The maximum atomic E-state index is 12.7. The number of benzene rings is 2. The van der Waals surface area contributed by atoms with Crippen molar-refractivity contribution in [2.24, 2.45) is 0 Å². The molecular formula is C24H22N4O. The topological polar surface area (TPSA) is 61.0 Å². The molecule has 1 aliphatic heterocycles. The van der Waals surface area contributed by atoms with Crippen LogP contribution in [0.5, 0.6) is 0 Å². The molecule has 2 aromatic carbocycles. The standard InChI is InChI=1S/C24H22N4O/c29-24(26-13-10-19-16-27-21-7-3-2-6-20(19)21)18-9-12-25-23(15-18)28-14-11-17-5-1-4-8-22(17)28/h1-9,12,15-16,27H,10-11,13-14H2,(H,26,29). The number of fused-ring (bicyclic) bond motifs is 2. The van der Waals surface area contributed by atoms with Crippen LogP contribution in [0.1, 0.15) is 21.5 Å². The Labute approximate surface area is 169 Å². The zero-order valence-corrected chi connectivity index (χ0v) is 16.1. The highest BCUT2D eigenvalue weighted by Gasteiger charge is 2.21. The Morgan fingerprint density at radius 1 is 1.10 bits per heavy atom. The number of H-pyrrole nitrogens is 1. The smallest absolute Gasteiger partial charge is 0.251 e. The maximum absolute atomic E-state index is 12.7. The number of pyridine rings is 1. The second-order valence-electron chi connectivity index (χ2n) is 7.30. The van der Waals surface area contributed by atoms with Gasteiger partial charge >= 0.3 is 0 Å². The summed E-state index contributed by atoms with van der Waals surface area (Å²) in [4.78, 5) is 22.6. The molecule has 0 bridgehead atoms. The van der Waals surface area contributed by atoms with Crippen molar-refractivity contribution in [3.63, 3.8) is 0 Å². The first-order chi connectivity index (χ1) is 14.3. The molecule has 1 aliphatic rings. The van der Waals surface area contributed by atoms with Crippen molar-refractivity contribution in [3.8, 4) is 0 Å². The molecule has 4 aromatic rings. The molecule has 0 radical (unpaired) electrons. The minimum Gasteiger partial charge on any atom is -0.361 e. The lowest BCUT2D eigenvalue weighted by molar-refractivity contribution is 0.0954. The number of anilines is 2. The number of aromatic amines is 1. The van der Waals surface area contributed by atoms with Crippen LogP contribution in [-0.2, 0) is 12.8 Å². The molecule has 0 atom stereocenters. The predicted molar refractivity (Wildman–Crippen MR) is 116 cm³/mol. The van der Waals surface area contributed by atoms with Crippen molar-refractivity contribution in [2.45, 2.75) is 12.8 Å². The third-order valence-corrected chi connectivity index (χ3v) is 5.53. The lowest BCUT2D eigenvalue weighted by atomic mass is 10.1. The van der Waals surface area contributed by atoms with Gasteiger partial charge in [0.25, 0.3) is 5.91 Å². The summed E-state index contributed by atoms with van der Waals surface area (Å²) in [6.07, 6.45) is 5.52. The molecular weight excluding hydrogens is 360 g/mol. The number of nitrogens with one attached hydrogen (secondary N) is 2. The minimum absolute atomic E-state index is 0.0685. The molecule has 2 N–H and O–H groups in total. The second kappa shape index (κ2) is 7.43. The molecule has 0 saturated carbocycles. The van der Waals surface area contributed by atoms with Crippen LogP contribution >= 0.6 is 0 Å². The van der Waals surface area contributed by atoms with Gasteiger partial charge in [0.1, 0.15) is 5.82 Å². The summed E-state index contributed by atoms with van der Waals surface area (Å²) in [7, 11) is 0. The molecule has 5 rings (SSSR count). The van der Waals surface area contributed by atoms with Gasteiger partial charge in [0.2, 0.25) is 0 Å². The number of carbonyl (C=O) groups excluding carboxylic acids is 1. The Balaban J connectivity index is 1.27. The van der Waals surface area contributed by atoms with Gasteiger partial charge in [0.05, 0.1) is 0 Å². The Kier molecular flexibility index (Phi) is 4.48. The van der Waals surface area contributed by atoms with E-state index in [-0.39, 0.29) is 5.91 Å². The molecule has 3 heterocycles. The Bertz CT molecular complexity index is 1180. The minimum atomic E-state index is -0.0685. The lowest BCUT2D eigenvalue weighted by Crippen LogP contribution is -2.26. The van der Waals surface area contributed by atoms with Crippen LogP contribution in [0, 0.1) is 0 Å². The van der Waals surface area contributed by atoms with Crippen molar-refractivity contribution in [1.29, 1.82) is 0 Å². The highest BCUT2D eigenvalue weighted by Crippen LogP contribution is 2.33. The summed E-state index contributed by atoms with van der Waals surface area (Å²) in [6, 6.07) is 20.2. The van der Waals surface area contributed by atoms with E-state index in [9.17, 15) is 4.79 Å². The molecule has 29 heavy (non-hydrogen) atoms. The quantitative estimate of drug-likeness (QED) is 0.543. The molecule has 1 amide bonds. The Hall–Kier alpha value is -3.60. The van der Waals surface area contributed by atoms with Crippen LogP contribution in [0.2, 0.25) is 0 Å². The van der Waals surface area contributed by atoms with Crippen LogP contribution in [0.3, 0.4) is 0 Å². The Morgan fingerprint density at radius 2 is 1.97 bits per heavy atom.